The minimum atomic E-state index is -2.24. The highest BCUT2D eigenvalue weighted by atomic mass is 19.1. The Balaban J connectivity index is 1.68. The number of alkyl halides is 1. The van der Waals surface area contributed by atoms with E-state index in [9.17, 15) is 9.59 Å². The lowest BCUT2D eigenvalue weighted by Gasteiger charge is -2.36. The van der Waals surface area contributed by atoms with Crippen molar-refractivity contribution in [3.05, 3.63) is 42.4 Å². The summed E-state index contributed by atoms with van der Waals surface area (Å²) in [5, 5.41) is 11.5. The van der Waals surface area contributed by atoms with E-state index >= 15 is 4.39 Å². The number of halogens is 1. The molecule has 1 aliphatic heterocycles. The highest BCUT2D eigenvalue weighted by Crippen LogP contribution is 2.28. The minimum absolute atomic E-state index is 0.00303. The highest BCUT2D eigenvalue weighted by Gasteiger charge is 2.45. The number of benzene rings is 1. The highest BCUT2D eigenvalue weighted by molar-refractivity contribution is 5.97. The average Bonchev–Trinajstić information content (AvgIpc) is 3.15. The fraction of sp³-hybridized carbons (Fsp3) is 0.429. The Bertz CT molecular complexity index is 991. The summed E-state index contributed by atoms with van der Waals surface area (Å²) in [6.45, 7) is 5.14. The lowest BCUT2D eigenvalue weighted by Crippen LogP contribution is -2.54. The Hall–Kier alpha value is -3.41. The topological polar surface area (TPSA) is 100 Å². The van der Waals surface area contributed by atoms with Crippen LogP contribution in [0.4, 0.5) is 15.0 Å². The number of ether oxygens (including phenoxy) is 1. The Kier molecular flexibility index (Phi) is 5.78. The summed E-state index contributed by atoms with van der Waals surface area (Å²) >= 11 is 0. The van der Waals surface area contributed by atoms with Crippen molar-refractivity contribution in [3.63, 3.8) is 0 Å². The zero-order valence-corrected chi connectivity index (χ0v) is 17.2. The smallest absolute Gasteiger partial charge is 0.410 e. The van der Waals surface area contributed by atoms with Crippen molar-refractivity contribution in [1.82, 2.24) is 14.5 Å². The third-order valence-electron chi connectivity index (χ3n) is 4.60. The van der Waals surface area contributed by atoms with Crippen LogP contribution >= 0.6 is 0 Å². The third-order valence-corrected chi connectivity index (χ3v) is 4.60. The van der Waals surface area contributed by atoms with Crippen LogP contribution in [0.2, 0.25) is 0 Å². The number of nitrogens with one attached hydrogen (secondary N) is 1. The molecule has 0 bridgehead atoms. The largest absolute Gasteiger partial charge is 0.444 e. The van der Waals surface area contributed by atoms with E-state index in [1.54, 1.807) is 49.6 Å². The molecule has 2 aromatic rings. The second kappa shape index (κ2) is 8.14. The van der Waals surface area contributed by atoms with Crippen molar-refractivity contribution >= 4 is 17.8 Å². The molecule has 1 N–H and O–H groups in total. The maximum Gasteiger partial charge on any atom is 0.410 e. The Morgan fingerprint density at radius 1 is 1.37 bits per heavy atom. The van der Waals surface area contributed by atoms with Crippen molar-refractivity contribution in [2.24, 2.45) is 0 Å². The SMILES string of the molecule is CC(C)(C)OC(=O)N1CCC[C@](F)(C(=O)Nc2cn(-c3cccc(C#N)c3)cn2)C1. The van der Waals surface area contributed by atoms with Gasteiger partial charge in [0.15, 0.2) is 5.82 Å². The monoisotopic (exact) mass is 413 g/mol. The Morgan fingerprint density at radius 3 is 2.83 bits per heavy atom. The molecule has 1 aliphatic rings. The predicted molar refractivity (Wildman–Crippen MR) is 108 cm³/mol. The molecule has 2 amide bonds. The van der Waals surface area contributed by atoms with Gasteiger partial charge in [-0.05, 0) is 51.8 Å². The molecule has 2 heterocycles. The maximum absolute atomic E-state index is 15.4. The van der Waals surface area contributed by atoms with E-state index in [4.69, 9.17) is 10.00 Å². The van der Waals surface area contributed by atoms with Gasteiger partial charge in [0.1, 0.15) is 11.9 Å². The van der Waals surface area contributed by atoms with Crippen LogP contribution in [0.25, 0.3) is 5.69 Å². The molecule has 1 saturated heterocycles. The molecular weight excluding hydrogens is 389 g/mol. The first kappa shape index (κ1) is 21.3. The number of nitrogens with zero attached hydrogens (tertiary/aromatic N) is 4. The molecule has 0 aliphatic carbocycles. The summed E-state index contributed by atoms with van der Waals surface area (Å²) < 4.78 is 22.3. The van der Waals surface area contributed by atoms with E-state index in [0.29, 0.717) is 24.2 Å². The molecule has 1 atom stereocenters. The van der Waals surface area contributed by atoms with Crippen LogP contribution in [-0.4, -0.2) is 50.8 Å². The first-order valence-corrected chi connectivity index (χ1v) is 9.62. The zero-order valence-electron chi connectivity index (χ0n) is 17.2. The summed E-state index contributed by atoms with van der Waals surface area (Å²) in [6, 6.07) is 8.92. The van der Waals surface area contributed by atoms with Gasteiger partial charge in [-0.3, -0.25) is 4.79 Å². The van der Waals surface area contributed by atoms with Gasteiger partial charge in [0.05, 0.1) is 24.4 Å². The van der Waals surface area contributed by atoms with Gasteiger partial charge in [0.25, 0.3) is 5.91 Å². The van der Waals surface area contributed by atoms with Gasteiger partial charge in [0.2, 0.25) is 5.67 Å². The number of carbonyl (C=O) groups excluding carboxylic acids is 2. The van der Waals surface area contributed by atoms with Gasteiger partial charge >= 0.3 is 6.09 Å². The molecule has 3 rings (SSSR count). The van der Waals surface area contributed by atoms with Crippen LogP contribution in [0.15, 0.2) is 36.8 Å². The van der Waals surface area contributed by atoms with Crippen molar-refractivity contribution in [2.45, 2.75) is 44.9 Å². The second-order valence-corrected chi connectivity index (χ2v) is 8.25. The second-order valence-electron chi connectivity index (χ2n) is 8.25. The molecule has 1 aromatic carbocycles. The van der Waals surface area contributed by atoms with Crippen LogP contribution in [0.3, 0.4) is 0 Å². The summed E-state index contributed by atoms with van der Waals surface area (Å²) in [7, 11) is 0. The fourth-order valence-electron chi connectivity index (χ4n) is 3.17. The standard InChI is InChI=1S/C21H24FN5O3/c1-20(2,3)30-19(29)26-9-5-8-21(22,13-26)18(28)25-17-12-27(14-24-17)16-7-4-6-15(10-16)11-23/h4,6-7,10,12,14H,5,8-9,13H2,1-3H3,(H,25,28)/t21-/m1/s1. The maximum atomic E-state index is 15.4. The zero-order chi connectivity index (χ0) is 21.9. The molecule has 0 radical (unpaired) electrons. The third kappa shape index (κ3) is 4.95. The van der Waals surface area contributed by atoms with Crippen molar-refractivity contribution in [3.8, 4) is 11.8 Å². The normalized spacial score (nSPS) is 19.1. The number of hydrogen-bond acceptors (Lipinski definition) is 5. The number of rotatable bonds is 3. The van der Waals surface area contributed by atoms with Crippen molar-refractivity contribution in [1.29, 1.82) is 5.26 Å². The average molecular weight is 413 g/mol. The molecule has 30 heavy (non-hydrogen) atoms. The van der Waals surface area contributed by atoms with E-state index < -0.39 is 23.3 Å². The van der Waals surface area contributed by atoms with E-state index in [2.05, 4.69) is 16.4 Å². The summed E-state index contributed by atoms with van der Waals surface area (Å²) in [5.41, 5.74) is -1.77. The summed E-state index contributed by atoms with van der Waals surface area (Å²) in [4.78, 5) is 30.2. The van der Waals surface area contributed by atoms with Gasteiger partial charge in [-0.15, -0.1) is 0 Å². The number of piperidine rings is 1. The molecule has 8 nitrogen and oxygen atoms in total. The molecule has 1 fully saturated rings. The van der Waals surface area contributed by atoms with Crippen LogP contribution < -0.4 is 5.32 Å². The Morgan fingerprint density at radius 2 is 2.13 bits per heavy atom. The first-order valence-electron chi connectivity index (χ1n) is 9.62. The van der Waals surface area contributed by atoms with Crippen LogP contribution in [0.1, 0.15) is 39.2 Å². The van der Waals surface area contributed by atoms with E-state index in [1.807, 2.05) is 0 Å². The van der Waals surface area contributed by atoms with Gasteiger partial charge in [-0.2, -0.15) is 5.26 Å². The molecule has 0 saturated carbocycles. The number of aromatic nitrogens is 2. The quantitative estimate of drug-likeness (QED) is 0.831. The molecule has 9 heteroatoms. The van der Waals surface area contributed by atoms with Crippen molar-refractivity contribution < 1.29 is 18.7 Å². The number of anilines is 1. The number of likely N-dealkylation sites (tertiary alicyclic amines) is 1. The molecule has 0 spiro atoms. The lowest BCUT2D eigenvalue weighted by atomic mass is 9.94. The van der Waals surface area contributed by atoms with Crippen LogP contribution in [-0.2, 0) is 9.53 Å². The fourth-order valence-corrected chi connectivity index (χ4v) is 3.17. The van der Waals surface area contributed by atoms with E-state index in [-0.39, 0.29) is 18.8 Å². The number of imidazole rings is 1. The van der Waals surface area contributed by atoms with Crippen LogP contribution in [0.5, 0.6) is 0 Å². The predicted octanol–water partition coefficient (Wildman–Crippen LogP) is 3.42. The Labute approximate surface area is 174 Å². The van der Waals surface area contributed by atoms with Gasteiger partial charge in [-0.25, -0.2) is 14.2 Å². The van der Waals surface area contributed by atoms with E-state index in [1.165, 1.54) is 17.4 Å². The number of nitriles is 1. The van der Waals surface area contributed by atoms with Gasteiger partial charge in [-0.1, -0.05) is 6.07 Å². The number of carbonyl (C=O) groups is 2. The summed E-state index contributed by atoms with van der Waals surface area (Å²) in [5.74, 6) is -0.680. The number of hydrogen-bond donors (Lipinski definition) is 1. The van der Waals surface area contributed by atoms with E-state index in [0.717, 1.165) is 0 Å². The molecular formula is C21H24FN5O3. The minimum Gasteiger partial charge on any atom is -0.444 e. The van der Waals surface area contributed by atoms with Crippen molar-refractivity contribution in [2.75, 3.05) is 18.4 Å². The molecule has 158 valence electrons. The first-order chi connectivity index (χ1) is 14.1. The van der Waals surface area contributed by atoms with Gasteiger partial charge in [0, 0.05) is 12.2 Å². The lowest BCUT2D eigenvalue weighted by molar-refractivity contribution is -0.130. The van der Waals surface area contributed by atoms with Gasteiger partial charge < -0.3 is 19.5 Å². The van der Waals surface area contributed by atoms with Crippen LogP contribution in [0, 0.1) is 11.3 Å². The summed E-state index contributed by atoms with van der Waals surface area (Å²) in [6.07, 6.45) is 2.71. The molecule has 0 unspecified atom stereocenters. The molecule has 1 aromatic heterocycles. The number of amides is 2.